The van der Waals surface area contributed by atoms with Gasteiger partial charge in [-0.25, -0.2) is 4.79 Å². The second-order valence-electron chi connectivity index (χ2n) is 3.93. The Kier molecular flexibility index (Phi) is 5.49. The highest BCUT2D eigenvalue weighted by atomic mass is 16.6. The second-order valence-corrected chi connectivity index (χ2v) is 3.93. The normalized spacial score (nSPS) is 12.2. The van der Waals surface area contributed by atoms with Gasteiger partial charge in [-0.1, -0.05) is 18.2 Å². The van der Waals surface area contributed by atoms with Crippen molar-refractivity contribution in [2.45, 2.75) is 13.0 Å². The van der Waals surface area contributed by atoms with Crippen LogP contribution in [0.1, 0.15) is 6.92 Å². The van der Waals surface area contributed by atoms with E-state index in [1.807, 2.05) is 49.3 Å². The van der Waals surface area contributed by atoms with Crippen molar-refractivity contribution in [3.8, 4) is 5.75 Å². The summed E-state index contributed by atoms with van der Waals surface area (Å²) in [5.74, 6) is 0.345. The van der Waals surface area contributed by atoms with Gasteiger partial charge in [-0.05, 0) is 33.2 Å². The number of esters is 1. The average molecular weight is 237 g/mol. The molecule has 0 saturated carbocycles. The fraction of sp³-hybridized carbons (Fsp3) is 0.462. The third kappa shape index (κ3) is 4.87. The monoisotopic (exact) mass is 237 g/mol. The zero-order valence-corrected chi connectivity index (χ0v) is 10.6. The van der Waals surface area contributed by atoms with Crippen LogP contribution < -0.4 is 4.74 Å². The standard InChI is InChI=1S/C13H19NO3/c1-4-16-13(15)12(10-14(2)3)17-11-8-6-5-7-9-11/h5-9,12H,4,10H2,1-3H3. The van der Waals surface area contributed by atoms with Crippen molar-refractivity contribution >= 4 is 5.97 Å². The fourth-order valence-corrected chi connectivity index (χ4v) is 1.39. The molecule has 1 aromatic carbocycles. The van der Waals surface area contributed by atoms with Crippen LogP contribution in [0.4, 0.5) is 0 Å². The first-order chi connectivity index (χ1) is 8.13. The maximum Gasteiger partial charge on any atom is 0.348 e. The Morgan fingerprint density at radius 2 is 1.94 bits per heavy atom. The van der Waals surface area contributed by atoms with Crippen LogP contribution in [-0.4, -0.2) is 44.2 Å². The van der Waals surface area contributed by atoms with Gasteiger partial charge in [-0.3, -0.25) is 0 Å². The number of para-hydroxylation sites is 1. The molecular formula is C13H19NO3. The predicted molar refractivity (Wildman–Crippen MR) is 66.0 cm³/mol. The quantitative estimate of drug-likeness (QED) is 0.704. The minimum absolute atomic E-state index is 0.329. The molecule has 1 aromatic rings. The third-order valence-electron chi connectivity index (χ3n) is 2.10. The van der Waals surface area contributed by atoms with Gasteiger partial charge in [-0.2, -0.15) is 0 Å². The SMILES string of the molecule is CCOC(=O)C(CN(C)C)Oc1ccccc1. The van der Waals surface area contributed by atoms with Crippen LogP contribution in [0.25, 0.3) is 0 Å². The Morgan fingerprint density at radius 1 is 1.29 bits per heavy atom. The summed E-state index contributed by atoms with van der Waals surface area (Å²) in [5.41, 5.74) is 0. The van der Waals surface area contributed by atoms with E-state index in [0.717, 1.165) is 0 Å². The van der Waals surface area contributed by atoms with E-state index in [4.69, 9.17) is 9.47 Å². The number of hydrogen-bond acceptors (Lipinski definition) is 4. The lowest BCUT2D eigenvalue weighted by atomic mass is 10.3. The van der Waals surface area contributed by atoms with E-state index in [1.165, 1.54) is 0 Å². The van der Waals surface area contributed by atoms with Crippen molar-refractivity contribution in [1.29, 1.82) is 0 Å². The molecule has 0 saturated heterocycles. The summed E-state index contributed by atoms with van der Waals surface area (Å²) in [6.07, 6.45) is -0.590. The van der Waals surface area contributed by atoms with Crippen LogP contribution in [0, 0.1) is 0 Å². The van der Waals surface area contributed by atoms with Gasteiger partial charge in [0.2, 0.25) is 6.10 Å². The van der Waals surface area contributed by atoms with Crippen molar-refractivity contribution in [1.82, 2.24) is 4.90 Å². The first-order valence-electron chi connectivity index (χ1n) is 5.66. The van der Waals surface area contributed by atoms with Crippen molar-refractivity contribution in [3.63, 3.8) is 0 Å². The summed E-state index contributed by atoms with van der Waals surface area (Å²) in [5, 5.41) is 0. The zero-order chi connectivity index (χ0) is 12.7. The molecule has 0 bridgehead atoms. The summed E-state index contributed by atoms with van der Waals surface area (Å²) in [6, 6.07) is 9.28. The van der Waals surface area contributed by atoms with Crippen LogP contribution in [0.3, 0.4) is 0 Å². The summed E-state index contributed by atoms with van der Waals surface area (Å²) in [4.78, 5) is 13.6. The Bertz CT molecular complexity index is 338. The molecule has 0 fully saturated rings. The fourth-order valence-electron chi connectivity index (χ4n) is 1.39. The first kappa shape index (κ1) is 13.5. The maximum absolute atomic E-state index is 11.7. The molecule has 1 unspecified atom stereocenters. The van der Waals surface area contributed by atoms with Gasteiger partial charge in [0.15, 0.2) is 0 Å². The molecule has 94 valence electrons. The lowest BCUT2D eigenvalue weighted by molar-refractivity contribution is -0.152. The molecule has 0 N–H and O–H groups in total. The highest BCUT2D eigenvalue weighted by Crippen LogP contribution is 2.12. The topological polar surface area (TPSA) is 38.8 Å². The van der Waals surface area contributed by atoms with Crippen molar-refractivity contribution in [2.75, 3.05) is 27.2 Å². The van der Waals surface area contributed by atoms with E-state index in [2.05, 4.69) is 0 Å². The molecule has 4 heteroatoms. The van der Waals surface area contributed by atoms with E-state index >= 15 is 0 Å². The van der Waals surface area contributed by atoms with Crippen LogP contribution >= 0.6 is 0 Å². The largest absolute Gasteiger partial charge is 0.477 e. The van der Waals surface area contributed by atoms with Gasteiger partial charge >= 0.3 is 5.97 Å². The van der Waals surface area contributed by atoms with Crippen molar-refractivity contribution in [3.05, 3.63) is 30.3 Å². The molecular weight excluding hydrogens is 218 g/mol. The van der Waals surface area contributed by atoms with E-state index in [0.29, 0.717) is 18.9 Å². The van der Waals surface area contributed by atoms with Crippen LogP contribution in [0.2, 0.25) is 0 Å². The second kappa shape index (κ2) is 6.91. The number of ether oxygens (including phenoxy) is 2. The minimum atomic E-state index is -0.590. The molecule has 0 radical (unpaired) electrons. The number of carbonyl (C=O) groups is 1. The molecule has 1 atom stereocenters. The molecule has 0 amide bonds. The first-order valence-corrected chi connectivity index (χ1v) is 5.66. The molecule has 17 heavy (non-hydrogen) atoms. The highest BCUT2D eigenvalue weighted by Gasteiger charge is 2.22. The number of rotatable bonds is 6. The van der Waals surface area contributed by atoms with Crippen molar-refractivity contribution in [2.24, 2.45) is 0 Å². The smallest absolute Gasteiger partial charge is 0.348 e. The van der Waals surface area contributed by atoms with E-state index in [-0.39, 0.29) is 5.97 Å². The average Bonchev–Trinajstić information content (AvgIpc) is 2.29. The predicted octanol–water partition coefficient (Wildman–Crippen LogP) is 1.56. The molecule has 4 nitrogen and oxygen atoms in total. The van der Waals surface area contributed by atoms with Gasteiger partial charge in [0.25, 0.3) is 0 Å². The summed E-state index contributed by atoms with van der Waals surface area (Å²) in [6.45, 7) is 2.64. The van der Waals surface area contributed by atoms with Gasteiger partial charge in [0.05, 0.1) is 6.61 Å². The molecule has 0 heterocycles. The van der Waals surface area contributed by atoms with Gasteiger partial charge in [0.1, 0.15) is 5.75 Å². The maximum atomic E-state index is 11.7. The Balaban J connectivity index is 2.66. The summed E-state index contributed by atoms with van der Waals surface area (Å²) >= 11 is 0. The highest BCUT2D eigenvalue weighted by molar-refractivity contribution is 5.75. The number of hydrogen-bond donors (Lipinski definition) is 0. The van der Waals surface area contributed by atoms with E-state index in [9.17, 15) is 4.79 Å². The van der Waals surface area contributed by atoms with Gasteiger partial charge < -0.3 is 14.4 Å². The Morgan fingerprint density at radius 3 is 2.47 bits per heavy atom. The number of carbonyl (C=O) groups excluding carboxylic acids is 1. The minimum Gasteiger partial charge on any atom is -0.477 e. The van der Waals surface area contributed by atoms with Crippen molar-refractivity contribution < 1.29 is 14.3 Å². The van der Waals surface area contributed by atoms with Gasteiger partial charge in [-0.15, -0.1) is 0 Å². The number of benzene rings is 1. The van der Waals surface area contributed by atoms with E-state index < -0.39 is 6.10 Å². The number of nitrogens with zero attached hydrogens (tertiary/aromatic N) is 1. The van der Waals surface area contributed by atoms with Crippen LogP contribution in [0.15, 0.2) is 30.3 Å². The third-order valence-corrected chi connectivity index (χ3v) is 2.10. The lowest BCUT2D eigenvalue weighted by Gasteiger charge is -2.20. The Labute approximate surface area is 102 Å². The number of likely N-dealkylation sites (N-methyl/N-ethyl adjacent to an activating group) is 1. The van der Waals surface area contributed by atoms with Crippen LogP contribution in [0.5, 0.6) is 5.75 Å². The molecule has 0 aliphatic heterocycles. The zero-order valence-electron chi connectivity index (χ0n) is 10.6. The molecule has 0 aliphatic carbocycles. The summed E-state index contributed by atoms with van der Waals surface area (Å²) < 4.78 is 10.6. The van der Waals surface area contributed by atoms with Gasteiger partial charge in [0, 0.05) is 6.54 Å². The molecule has 1 rings (SSSR count). The Hall–Kier alpha value is -1.55. The molecule has 0 aromatic heterocycles. The van der Waals surface area contributed by atoms with E-state index in [1.54, 1.807) is 6.92 Å². The molecule has 0 aliphatic rings. The lowest BCUT2D eigenvalue weighted by Crippen LogP contribution is -2.38. The summed E-state index contributed by atoms with van der Waals surface area (Å²) in [7, 11) is 3.78. The van der Waals surface area contributed by atoms with Crippen LogP contribution in [-0.2, 0) is 9.53 Å². The molecule has 0 spiro atoms.